The molecule has 1 aliphatic heterocycles. The molecule has 67 heavy (non-hydrogen) atoms. The van der Waals surface area contributed by atoms with E-state index in [-0.39, 0.29) is 18.9 Å². The molecule has 13 heteroatoms. The van der Waals surface area contributed by atoms with E-state index in [0.29, 0.717) is 6.42 Å². The van der Waals surface area contributed by atoms with E-state index in [2.05, 4.69) is 35.5 Å². The smallest absolute Gasteiger partial charge is 0.394 e. The number of carbonyl (C=O) groups is 1. The van der Waals surface area contributed by atoms with Gasteiger partial charge in [0.15, 0.2) is 6.29 Å². The Balaban J connectivity index is 2.38. The number of ether oxygens (including phenoxy) is 2. The number of hydrogen-bond donors (Lipinski definition) is 6. The number of hydrogen-bond acceptors (Lipinski definition) is 10. The first kappa shape index (κ1) is 63.6. The van der Waals surface area contributed by atoms with Crippen LogP contribution in [0.3, 0.4) is 0 Å². The second-order valence-electron chi connectivity index (χ2n) is 19.5. The molecule has 1 fully saturated rings. The number of aliphatic hydroxyl groups is 4. The van der Waals surface area contributed by atoms with Crippen molar-refractivity contribution in [3.05, 3.63) is 24.3 Å². The molecule has 0 bridgehead atoms. The van der Waals surface area contributed by atoms with Crippen molar-refractivity contribution >= 4 is 16.3 Å². The van der Waals surface area contributed by atoms with E-state index in [0.717, 1.165) is 44.9 Å². The molecule has 0 aromatic rings. The highest BCUT2D eigenvalue weighted by molar-refractivity contribution is 7.80. The Kier molecular flexibility index (Phi) is 42.3. The molecule has 1 heterocycles. The van der Waals surface area contributed by atoms with Gasteiger partial charge in [0.25, 0.3) is 0 Å². The molecule has 396 valence electrons. The molecular weight excluding hydrogens is 871 g/mol. The van der Waals surface area contributed by atoms with Gasteiger partial charge in [-0.25, -0.2) is 4.18 Å². The summed E-state index contributed by atoms with van der Waals surface area (Å²) in [6, 6.07) is -0.945. The van der Waals surface area contributed by atoms with Gasteiger partial charge in [0.05, 0.1) is 25.4 Å². The first-order valence-electron chi connectivity index (χ1n) is 27.7. The van der Waals surface area contributed by atoms with Crippen molar-refractivity contribution in [1.82, 2.24) is 5.32 Å². The first-order chi connectivity index (χ1) is 32.5. The van der Waals surface area contributed by atoms with Crippen LogP contribution in [0.25, 0.3) is 0 Å². The van der Waals surface area contributed by atoms with E-state index in [1.165, 1.54) is 186 Å². The Labute approximate surface area is 410 Å². The van der Waals surface area contributed by atoms with Crippen molar-refractivity contribution in [3.8, 4) is 0 Å². The zero-order chi connectivity index (χ0) is 49.1. The fourth-order valence-corrected chi connectivity index (χ4v) is 9.43. The normalized spacial score (nSPS) is 20.0. The van der Waals surface area contributed by atoms with Crippen molar-refractivity contribution < 1.29 is 51.8 Å². The summed E-state index contributed by atoms with van der Waals surface area (Å²) in [6.07, 6.45) is 45.1. The van der Waals surface area contributed by atoms with Crippen LogP contribution in [0, 0.1) is 0 Å². The molecule has 0 aromatic carbocycles. The molecule has 12 nitrogen and oxygen atoms in total. The van der Waals surface area contributed by atoms with Gasteiger partial charge in [0.2, 0.25) is 5.91 Å². The number of aliphatic hydroxyl groups excluding tert-OH is 4. The molecule has 0 aromatic heterocycles. The number of rotatable bonds is 48. The van der Waals surface area contributed by atoms with Gasteiger partial charge in [-0.1, -0.05) is 231 Å². The average molecular weight is 974 g/mol. The Bertz CT molecular complexity index is 1280. The Morgan fingerprint density at radius 3 is 1.36 bits per heavy atom. The van der Waals surface area contributed by atoms with Gasteiger partial charge in [-0.2, -0.15) is 8.42 Å². The van der Waals surface area contributed by atoms with Crippen LogP contribution in [0.4, 0.5) is 0 Å². The van der Waals surface area contributed by atoms with E-state index in [1.807, 2.05) is 6.08 Å². The van der Waals surface area contributed by atoms with Gasteiger partial charge in [0.1, 0.15) is 24.4 Å². The van der Waals surface area contributed by atoms with Crippen LogP contribution in [-0.2, 0) is 28.9 Å². The zero-order valence-corrected chi connectivity index (χ0v) is 43.5. The highest BCUT2D eigenvalue weighted by Gasteiger charge is 2.48. The molecular formula is C54H103NO11S. The summed E-state index contributed by atoms with van der Waals surface area (Å²) >= 11 is 0. The molecule has 1 aliphatic rings. The van der Waals surface area contributed by atoms with Crippen LogP contribution in [0.2, 0.25) is 0 Å². The van der Waals surface area contributed by atoms with Crippen LogP contribution in [0.5, 0.6) is 0 Å². The average Bonchev–Trinajstić information content (AvgIpc) is 3.30. The van der Waals surface area contributed by atoms with E-state index < -0.39 is 59.9 Å². The van der Waals surface area contributed by atoms with Gasteiger partial charge < -0.3 is 35.2 Å². The van der Waals surface area contributed by atoms with E-state index >= 15 is 0 Å². The summed E-state index contributed by atoms with van der Waals surface area (Å²) in [4.78, 5) is 13.1. The molecule has 1 rings (SSSR count). The fraction of sp³-hybridized carbons (Fsp3) is 0.907. The second kappa shape index (κ2) is 44.5. The second-order valence-corrected chi connectivity index (χ2v) is 20.6. The molecule has 0 spiro atoms. The highest BCUT2D eigenvalue weighted by atomic mass is 32.3. The zero-order valence-electron chi connectivity index (χ0n) is 42.7. The SMILES string of the molecule is CCCCCC/C=C\CCCCCCCCCC(=O)NC(COC1OC(CO)C(O)C(OS(=O)(=O)O)C1O)C(O)/C=C/CCCCCCCCCCCCCCCCCCCCCCCCC. The van der Waals surface area contributed by atoms with Gasteiger partial charge in [-0.15, -0.1) is 0 Å². The maximum absolute atomic E-state index is 13.1. The third-order valence-corrected chi connectivity index (χ3v) is 13.7. The quantitative estimate of drug-likeness (QED) is 0.0193. The molecule has 7 unspecified atom stereocenters. The van der Waals surface area contributed by atoms with Crippen molar-refractivity contribution in [2.75, 3.05) is 13.2 Å². The molecule has 1 amide bonds. The van der Waals surface area contributed by atoms with Crippen LogP contribution >= 0.6 is 0 Å². The van der Waals surface area contributed by atoms with Crippen molar-refractivity contribution in [3.63, 3.8) is 0 Å². The van der Waals surface area contributed by atoms with E-state index in [4.69, 9.17) is 9.47 Å². The minimum atomic E-state index is -5.09. The summed E-state index contributed by atoms with van der Waals surface area (Å²) in [5, 5.41) is 44.9. The maximum Gasteiger partial charge on any atom is 0.397 e. The summed E-state index contributed by atoms with van der Waals surface area (Å²) in [5.74, 6) is -0.265. The topological polar surface area (TPSA) is 192 Å². The molecule has 0 radical (unpaired) electrons. The lowest BCUT2D eigenvalue weighted by Crippen LogP contribution is -2.61. The molecule has 6 N–H and O–H groups in total. The highest BCUT2D eigenvalue weighted by Crippen LogP contribution is 2.26. The molecule has 0 saturated carbocycles. The van der Waals surface area contributed by atoms with Gasteiger partial charge in [-0.3, -0.25) is 9.35 Å². The van der Waals surface area contributed by atoms with Crippen molar-refractivity contribution in [1.29, 1.82) is 0 Å². The third kappa shape index (κ3) is 37.1. The largest absolute Gasteiger partial charge is 0.397 e. The summed E-state index contributed by atoms with van der Waals surface area (Å²) in [7, 11) is -5.09. The van der Waals surface area contributed by atoms with E-state index in [9.17, 15) is 38.2 Å². The first-order valence-corrected chi connectivity index (χ1v) is 29.1. The Morgan fingerprint density at radius 2 is 0.955 bits per heavy atom. The van der Waals surface area contributed by atoms with Crippen LogP contribution in [-0.4, -0.2) is 95.4 Å². The Morgan fingerprint density at radius 1 is 0.582 bits per heavy atom. The summed E-state index contributed by atoms with van der Waals surface area (Å²) in [5.41, 5.74) is 0. The molecule has 1 saturated heterocycles. The van der Waals surface area contributed by atoms with Crippen molar-refractivity contribution in [2.24, 2.45) is 0 Å². The lowest BCUT2D eigenvalue weighted by Gasteiger charge is -2.41. The monoisotopic (exact) mass is 974 g/mol. The number of amides is 1. The Hall–Kier alpha value is -1.42. The van der Waals surface area contributed by atoms with Crippen molar-refractivity contribution in [2.45, 2.75) is 301 Å². The minimum absolute atomic E-state index is 0.265. The van der Waals surface area contributed by atoms with E-state index in [1.54, 1.807) is 6.08 Å². The standard InChI is InChI=1S/C54H103NO11S/c1-3-5-7-9-11-13-15-17-19-20-21-22-23-24-25-26-27-28-30-31-33-35-37-39-41-43-48(57)47(46-64-54-52(60)53(66-67(61,62)63)51(59)49(45-56)65-54)55-50(58)44-42-40-38-36-34-32-29-18-16-14-12-10-8-6-4-2/h14,16,41,43,47-49,51-54,56-57,59-60H,3-13,15,17-40,42,44-46H2,1-2H3,(H,55,58)(H,61,62,63)/b16-14-,43-41+. The number of unbranched alkanes of at least 4 members (excludes halogenated alkanes) is 34. The third-order valence-electron chi connectivity index (χ3n) is 13.2. The number of allylic oxidation sites excluding steroid dienone is 3. The predicted molar refractivity (Wildman–Crippen MR) is 273 cm³/mol. The number of nitrogens with one attached hydrogen (secondary N) is 1. The lowest BCUT2D eigenvalue weighted by atomic mass is 9.99. The molecule has 0 aliphatic carbocycles. The lowest BCUT2D eigenvalue weighted by molar-refractivity contribution is -0.298. The minimum Gasteiger partial charge on any atom is -0.394 e. The van der Waals surface area contributed by atoms with Gasteiger partial charge in [-0.05, 0) is 44.9 Å². The summed E-state index contributed by atoms with van der Waals surface area (Å²) < 4.78 is 47.8. The van der Waals surface area contributed by atoms with Gasteiger partial charge >= 0.3 is 10.4 Å². The predicted octanol–water partition coefficient (Wildman–Crippen LogP) is 12.5. The maximum atomic E-state index is 13.1. The summed E-state index contributed by atoms with van der Waals surface area (Å²) in [6.45, 7) is 3.40. The van der Waals surface area contributed by atoms with Crippen LogP contribution in [0.1, 0.15) is 258 Å². The fourth-order valence-electron chi connectivity index (χ4n) is 8.92. The number of carbonyl (C=O) groups excluding carboxylic acids is 1. The van der Waals surface area contributed by atoms with Gasteiger partial charge in [0, 0.05) is 6.42 Å². The van der Waals surface area contributed by atoms with Crippen LogP contribution in [0.15, 0.2) is 24.3 Å². The van der Waals surface area contributed by atoms with Crippen LogP contribution < -0.4 is 5.32 Å². The molecule has 7 atom stereocenters.